The minimum Gasteiger partial charge on any atom is -0.486 e. The fourth-order valence-corrected chi connectivity index (χ4v) is 4.43. The first-order valence-electron chi connectivity index (χ1n) is 8.62. The maximum absolute atomic E-state index is 13.0. The summed E-state index contributed by atoms with van der Waals surface area (Å²) in [5, 5.41) is 9.00. The van der Waals surface area contributed by atoms with Crippen molar-refractivity contribution in [2.45, 2.75) is 32.2 Å². The number of aryl methyl sites for hydroxylation is 2. The molecule has 2 heterocycles. The van der Waals surface area contributed by atoms with Crippen LogP contribution in [0.4, 0.5) is 4.39 Å². The molecule has 5 nitrogen and oxygen atoms in total. The molecule has 0 N–H and O–H groups in total. The zero-order chi connectivity index (χ0) is 20.1. The molecule has 0 aliphatic carbocycles. The van der Waals surface area contributed by atoms with Crippen molar-refractivity contribution < 1.29 is 13.9 Å². The number of ether oxygens (including phenoxy) is 1. The van der Waals surface area contributed by atoms with Crippen molar-refractivity contribution >= 4 is 28.9 Å². The second-order valence-electron chi connectivity index (χ2n) is 6.08. The van der Waals surface area contributed by atoms with Gasteiger partial charge in [-0.1, -0.05) is 17.8 Å². The fourth-order valence-electron chi connectivity index (χ4n) is 2.64. The Morgan fingerprint density at radius 2 is 2.07 bits per heavy atom. The maximum Gasteiger partial charge on any atom is 0.192 e. The van der Waals surface area contributed by atoms with Gasteiger partial charge < -0.3 is 4.74 Å². The number of carbonyl (C=O) groups excluding carboxylic acids is 1. The van der Waals surface area contributed by atoms with Crippen molar-refractivity contribution in [1.29, 1.82) is 0 Å². The number of hydrogen-bond donors (Lipinski definition) is 0. The number of aromatic nitrogens is 3. The summed E-state index contributed by atoms with van der Waals surface area (Å²) in [5.74, 6) is 1.19. The predicted molar refractivity (Wildman–Crippen MR) is 110 cm³/mol. The number of hydrogen-bond acceptors (Lipinski definition) is 6. The molecule has 0 saturated heterocycles. The second-order valence-corrected chi connectivity index (χ2v) is 8.48. The Bertz CT molecular complexity index is 980. The average molecular weight is 418 g/mol. The van der Waals surface area contributed by atoms with Gasteiger partial charge in [-0.25, -0.2) is 4.39 Å². The summed E-state index contributed by atoms with van der Waals surface area (Å²) in [5.41, 5.74) is 0.768. The molecule has 0 fully saturated rings. The number of Topliss-reactive ketones (excluding diaryl/α,β-unsaturated/α-hetero) is 1. The van der Waals surface area contributed by atoms with Gasteiger partial charge in [0, 0.05) is 21.9 Å². The quantitative estimate of drug-likeness (QED) is 0.283. The number of allylic oxidation sites excluding steroid dienone is 1. The van der Waals surface area contributed by atoms with Gasteiger partial charge in [0.2, 0.25) is 0 Å². The summed E-state index contributed by atoms with van der Waals surface area (Å²) in [6.07, 6.45) is 1.74. The zero-order valence-corrected chi connectivity index (χ0v) is 17.3. The van der Waals surface area contributed by atoms with E-state index in [1.54, 1.807) is 29.5 Å². The highest BCUT2D eigenvalue weighted by molar-refractivity contribution is 7.99. The van der Waals surface area contributed by atoms with E-state index in [2.05, 4.69) is 16.8 Å². The molecule has 8 heteroatoms. The van der Waals surface area contributed by atoms with Gasteiger partial charge >= 0.3 is 0 Å². The Morgan fingerprint density at radius 3 is 2.71 bits per heavy atom. The molecule has 2 aromatic heterocycles. The largest absolute Gasteiger partial charge is 0.486 e. The monoisotopic (exact) mass is 417 g/mol. The molecular formula is C20H20FN3O2S2. The summed E-state index contributed by atoms with van der Waals surface area (Å²) in [6.45, 7) is 8.41. The van der Waals surface area contributed by atoms with Crippen LogP contribution < -0.4 is 4.74 Å². The second kappa shape index (κ2) is 9.16. The van der Waals surface area contributed by atoms with Gasteiger partial charge in [0.25, 0.3) is 0 Å². The summed E-state index contributed by atoms with van der Waals surface area (Å²) in [4.78, 5) is 14.7. The molecule has 3 aromatic rings. The molecule has 0 aliphatic heterocycles. The molecule has 0 radical (unpaired) electrons. The van der Waals surface area contributed by atoms with Crippen LogP contribution in [0.1, 0.15) is 25.9 Å². The van der Waals surface area contributed by atoms with Crippen molar-refractivity contribution in [2.75, 3.05) is 5.75 Å². The van der Waals surface area contributed by atoms with E-state index in [1.165, 1.54) is 23.9 Å². The highest BCUT2D eigenvalue weighted by Gasteiger charge is 2.17. The van der Waals surface area contributed by atoms with Crippen LogP contribution in [0.5, 0.6) is 5.75 Å². The Balaban J connectivity index is 1.67. The van der Waals surface area contributed by atoms with Crippen LogP contribution in [0.2, 0.25) is 0 Å². The summed E-state index contributed by atoms with van der Waals surface area (Å²) >= 11 is 2.97. The third-order valence-electron chi connectivity index (χ3n) is 3.96. The molecule has 28 heavy (non-hydrogen) atoms. The maximum atomic E-state index is 13.0. The van der Waals surface area contributed by atoms with Gasteiger partial charge in [-0.15, -0.1) is 28.1 Å². The van der Waals surface area contributed by atoms with Gasteiger partial charge in [-0.05, 0) is 44.2 Å². The van der Waals surface area contributed by atoms with E-state index < -0.39 is 0 Å². The lowest BCUT2D eigenvalue weighted by atomic mass is 10.2. The van der Waals surface area contributed by atoms with Crippen molar-refractivity contribution in [3.05, 3.63) is 69.9 Å². The summed E-state index contributed by atoms with van der Waals surface area (Å²) in [7, 11) is 0. The smallest absolute Gasteiger partial charge is 0.192 e. The number of carbonyl (C=O) groups is 1. The van der Waals surface area contributed by atoms with Gasteiger partial charge in [0.1, 0.15) is 18.2 Å². The van der Waals surface area contributed by atoms with Gasteiger partial charge in [0.15, 0.2) is 16.8 Å². The van der Waals surface area contributed by atoms with Gasteiger partial charge in [0.05, 0.1) is 5.75 Å². The molecule has 0 atom stereocenters. The molecule has 0 saturated carbocycles. The number of ketones is 1. The lowest BCUT2D eigenvalue weighted by Gasteiger charge is -2.09. The lowest BCUT2D eigenvalue weighted by molar-refractivity contribution is 0.102. The van der Waals surface area contributed by atoms with E-state index in [0.717, 1.165) is 15.3 Å². The van der Waals surface area contributed by atoms with Crippen molar-refractivity contribution in [2.24, 2.45) is 0 Å². The molecule has 0 amide bonds. The normalized spacial score (nSPS) is 10.8. The molecule has 0 spiro atoms. The van der Waals surface area contributed by atoms with Crippen LogP contribution in [0.3, 0.4) is 0 Å². The van der Waals surface area contributed by atoms with Crippen LogP contribution >= 0.6 is 23.1 Å². The average Bonchev–Trinajstić information content (AvgIpc) is 3.22. The lowest BCUT2D eigenvalue weighted by Crippen LogP contribution is -2.09. The number of nitrogens with zero attached hydrogens (tertiary/aromatic N) is 3. The van der Waals surface area contributed by atoms with Gasteiger partial charge in [-0.2, -0.15) is 0 Å². The zero-order valence-electron chi connectivity index (χ0n) is 15.6. The number of benzene rings is 1. The molecule has 0 unspecified atom stereocenters. The van der Waals surface area contributed by atoms with Crippen LogP contribution in [0.15, 0.2) is 48.1 Å². The molecular weight excluding hydrogens is 397 g/mol. The predicted octanol–water partition coefficient (Wildman–Crippen LogP) is 4.84. The van der Waals surface area contributed by atoms with E-state index in [4.69, 9.17) is 4.74 Å². The first kappa shape index (κ1) is 20.3. The number of thiophene rings is 1. The van der Waals surface area contributed by atoms with Crippen molar-refractivity contribution in [3.63, 3.8) is 0 Å². The summed E-state index contributed by atoms with van der Waals surface area (Å²) < 4.78 is 20.5. The molecule has 0 aliphatic rings. The minimum absolute atomic E-state index is 0.0733. The number of thioether (sulfide) groups is 1. The Kier molecular flexibility index (Phi) is 6.64. The minimum atomic E-state index is -0.318. The molecule has 1 aromatic carbocycles. The van der Waals surface area contributed by atoms with E-state index in [1.807, 2.05) is 24.5 Å². The van der Waals surface area contributed by atoms with E-state index in [9.17, 15) is 9.18 Å². The van der Waals surface area contributed by atoms with Crippen LogP contribution in [-0.2, 0) is 13.2 Å². The van der Waals surface area contributed by atoms with Crippen LogP contribution in [-0.4, -0.2) is 26.3 Å². The highest BCUT2D eigenvalue weighted by Crippen LogP contribution is 2.25. The Hall–Kier alpha value is -2.45. The molecule has 0 bridgehead atoms. The van der Waals surface area contributed by atoms with Crippen LogP contribution in [0, 0.1) is 19.7 Å². The van der Waals surface area contributed by atoms with E-state index >= 15 is 0 Å². The fraction of sp³-hybridized carbons (Fsp3) is 0.250. The third-order valence-corrected chi connectivity index (χ3v) is 5.89. The highest BCUT2D eigenvalue weighted by atomic mass is 32.2. The van der Waals surface area contributed by atoms with E-state index in [0.29, 0.717) is 23.3 Å². The standard InChI is InChI=1S/C20H20FN3O2S2/c1-4-9-24-19(11-26-16-7-5-15(21)6-8-16)22-23-20(24)27-12-18(25)17-10-13(2)28-14(17)3/h4-8,10H,1,9,11-12H2,2-3H3. The van der Waals surface area contributed by atoms with Crippen molar-refractivity contribution in [1.82, 2.24) is 14.8 Å². The number of rotatable bonds is 9. The Labute approximate surface area is 171 Å². The van der Waals surface area contributed by atoms with Crippen molar-refractivity contribution in [3.8, 4) is 5.75 Å². The molecule has 146 valence electrons. The summed E-state index contributed by atoms with van der Waals surface area (Å²) in [6, 6.07) is 7.72. The Morgan fingerprint density at radius 1 is 1.32 bits per heavy atom. The number of halogens is 1. The third kappa shape index (κ3) is 4.88. The van der Waals surface area contributed by atoms with Gasteiger partial charge in [-0.3, -0.25) is 9.36 Å². The molecule has 3 rings (SSSR count). The first-order valence-corrected chi connectivity index (χ1v) is 10.4. The van der Waals surface area contributed by atoms with Crippen LogP contribution in [0.25, 0.3) is 0 Å². The first-order chi connectivity index (χ1) is 13.5. The van der Waals surface area contributed by atoms with E-state index in [-0.39, 0.29) is 24.0 Å². The topological polar surface area (TPSA) is 57.0 Å². The SMILES string of the molecule is C=CCn1c(COc2ccc(F)cc2)nnc1SCC(=O)c1cc(C)sc1C.